The van der Waals surface area contributed by atoms with Crippen molar-refractivity contribution in [3.05, 3.63) is 90.3 Å². The van der Waals surface area contributed by atoms with Crippen molar-refractivity contribution in [3.8, 4) is 0 Å². The Kier molecular flexibility index (Phi) is 5.70. The Hall–Kier alpha value is -2.54. The molecule has 0 spiro atoms. The first-order valence-electron chi connectivity index (χ1n) is 8.29. The molecule has 0 aliphatic carbocycles. The zero-order valence-corrected chi connectivity index (χ0v) is 15.4. The standard InChI is InChI=1S/C21H18N.ClHO4/c1-16-17-9-3-5-11-19(17)21(15-22-13-7-2-8-14-22)20-12-6-4-10-18(16)20;2-1(3,4)5/h2-14H,15H2,1H3;(H,2,3,4,5)/q+1;/p-1. The monoisotopic (exact) mass is 383 g/mol. The minimum Gasteiger partial charge on any atom is -0.222 e. The summed E-state index contributed by atoms with van der Waals surface area (Å²) in [6, 6.07) is 23.7. The molecule has 6 heteroatoms. The third kappa shape index (κ3) is 4.80. The molecule has 1 heterocycles. The van der Waals surface area contributed by atoms with Crippen LogP contribution >= 0.6 is 0 Å². The number of hydrogen-bond acceptors (Lipinski definition) is 4. The fourth-order valence-corrected chi connectivity index (χ4v) is 3.33. The van der Waals surface area contributed by atoms with Crippen LogP contribution < -0.4 is 23.2 Å². The van der Waals surface area contributed by atoms with Crippen molar-refractivity contribution in [1.29, 1.82) is 0 Å². The van der Waals surface area contributed by atoms with Gasteiger partial charge in [0, 0.05) is 17.7 Å². The molecule has 0 saturated carbocycles. The summed E-state index contributed by atoms with van der Waals surface area (Å²) < 4.78 is 36.2. The fraction of sp³-hybridized carbons (Fsp3) is 0.0952. The lowest BCUT2D eigenvalue weighted by atomic mass is 9.92. The molecule has 3 aromatic carbocycles. The average molecular weight is 384 g/mol. The first-order valence-corrected chi connectivity index (χ1v) is 9.53. The molecule has 0 fully saturated rings. The zero-order chi connectivity index (χ0) is 19.4. The van der Waals surface area contributed by atoms with Crippen LogP contribution in [0, 0.1) is 17.2 Å². The number of rotatable bonds is 2. The molecular weight excluding hydrogens is 366 g/mol. The topological polar surface area (TPSA) is 96.1 Å². The maximum atomic E-state index is 8.49. The van der Waals surface area contributed by atoms with Gasteiger partial charge in [-0.05, 0) is 34.0 Å². The molecule has 0 atom stereocenters. The van der Waals surface area contributed by atoms with E-state index < -0.39 is 10.2 Å². The van der Waals surface area contributed by atoms with Gasteiger partial charge in [-0.3, -0.25) is 0 Å². The molecule has 0 N–H and O–H groups in total. The molecule has 1 aromatic heterocycles. The lowest BCUT2D eigenvalue weighted by molar-refractivity contribution is -2.00. The van der Waals surface area contributed by atoms with Crippen molar-refractivity contribution >= 4 is 21.5 Å². The molecule has 5 nitrogen and oxygen atoms in total. The van der Waals surface area contributed by atoms with E-state index in [1.807, 2.05) is 0 Å². The highest BCUT2D eigenvalue weighted by Crippen LogP contribution is 2.32. The maximum Gasteiger partial charge on any atom is 0.175 e. The first kappa shape index (κ1) is 19.2. The van der Waals surface area contributed by atoms with Gasteiger partial charge in [0.25, 0.3) is 0 Å². The number of halogens is 1. The molecule has 0 radical (unpaired) electrons. The average Bonchev–Trinajstić information content (AvgIpc) is 2.65. The van der Waals surface area contributed by atoms with E-state index in [0.717, 1.165) is 6.54 Å². The van der Waals surface area contributed by atoms with Crippen LogP contribution in [0.4, 0.5) is 0 Å². The van der Waals surface area contributed by atoms with Gasteiger partial charge in [0.05, 0.1) is 0 Å². The number of aryl methyl sites for hydroxylation is 1. The minimum atomic E-state index is -4.94. The van der Waals surface area contributed by atoms with Gasteiger partial charge in [-0.1, -0.05) is 54.6 Å². The van der Waals surface area contributed by atoms with Gasteiger partial charge in [-0.25, -0.2) is 23.2 Å². The molecule has 27 heavy (non-hydrogen) atoms. The molecule has 4 aromatic rings. The number of aromatic nitrogens is 1. The number of benzene rings is 3. The van der Waals surface area contributed by atoms with Crippen LogP contribution in [0.2, 0.25) is 0 Å². The third-order valence-electron chi connectivity index (χ3n) is 4.43. The van der Waals surface area contributed by atoms with E-state index in [-0.39, 0.29) is 0 Å². The van der Waals surface area contributed by atoms with Crippen molar-refractivity contribution in [2.24, 2.45) is 0 Å². The van der Waals surface area contributed by atoms with Crippen LogP contribution in [0.5, 0.6) is 0 Å². The van der Waals surface area contributed by atoms with Crippen molar-refractivity contribution < 1.29 is 33.4 Å². The molecule has 0 saturated heterocycles. The predicted molar refractivity (Wildman–Crippen MR) is 91.9 cm³/mol. The molecule has 4 rings (SSSR count). The Balaban J connectivity index is 0.000000376. The highest BCUT2D eigenvalue weighted by atomic mass is 35.7. The molecule has 0 aliphatic rings. The molecule has 0 amide bonds. The van der Waals surface area contributed by atoms with Crippen molar-refractivity contribution in [3.63, 3.8) is 0 Å². The zero-order valence-electron chi connectivity index (χ0n) is 14.7. The second-order valence-corrected chi connectivity index (χ2v) is 6.88. The van der Waals surface area contributed by atoms with E-state index in [4.69, 9.17) is 18.6 Å². The van der Waals surface area contributed by atoms with Crippen LogP contribution in [-0.2, 0) is 6.54 Å². The van der Waals surface area contributed by atoms with Gasteiger partial charge in [-0.2, -0.15) is 0 Å². The predicted octanol–water partition coefficient (Wildman–Crippen LogP) is -0.119. The van der Waals surface area contributed by atoms with Gasteiger partial charge >= 0.3 is 0 Å². The number of pyridine rings is 1. The Morgan fingerprint density at radius 1 is 0.667 bits per heavy atom. The summed E-state index contributed by atoms with van der Waals surface area (Å²) in [4.78, 5) is 0. The molecule has 0 bridgehead atoms. The van der Waals surface area contributed by atoms with Crippen molar-refractivity contribution in [2.45, 2.75) is 13.5 Å². The van der Waals surface area contributed by atoms with Gasteiger partial charge < -0.3 is 0 Å². The van der Waals surface area contributed by atoms with E-state index in [0.29, 0.717) is 0 Å². The second kappa shape index (κ2) is 8.00. The quantitative estimate of drug-likeness (QED) is 0.356. The normalized spacial score (nSPS) is 11.3. The summed E-state index contributed by atoms with van der Waals surface area (Å²) in [5, 5.41) is 5.42. The first-order chi connectivity index (χ1) is 12.8. The summed E-state index contributed by atoms with van der Waals surface area (Å²) in [5.41, 5.74) is 2.76. The van der Waals surface area contributed by atoms with Gasteiger partial charge in [-0.15, -0.1) is 10.2 Å². The van der Waals surface area contributed by atoms with Crippen LogP contribution in [0.15, 0.2) is 79.1 Å². The van der Waals surface area contributed by atoms with E-state index in [2.05, 4.69) is 90.6 Å². The van der Waals surface area contributed by atoms with E-state index in [1.165, 1.54) is 32.7 Å². The van der Waals surface area contributed by atoms with E-state index in [1.54, 1.807) is 0 Å². The van der Waals surface area contributed by atoms with Crippen LogP contribution in [0.3, 0.4) is 0 Å². The minimum absolute atomic E-state index is 0.891. The summed E-state index contributed by atoms with van der Waals surface area (Å²) in [7, 11) is -4.94. The molecule has 0 aliphatic heterocycles. The maximum absolute atomic E-state index is 8.49. The molecular formula is C21H18ClNO4. The van der Waals surface area contributed by atoms with Gasteiger partial charge in [0.2, 0.25) is 0 Å². The number of fused-ring (bicyclic) bond motifs is 2. The molecule has 138 valence electrons. The summed E-state index contributed by atoms with van der Waals surface area (Å²) >= 11 is 0. The largest absolute Gasteiger partial charge is 0.222 e. The van der Waals surface area contributed by atoms with Gasteiger partial charge in [0.15, 0.2) is 18.9 Å². The fourth-order valence-electron chi connectivity index (χ4n) is 3.33. The Morgan fingerprint density at radius 2 is 1.07 bits per heavy atom. The Labute approximate surface area is 159 Å². The number of hydrogen-bond donors (Lipinski definition) is 0. The smallest absolute Gasteiger partial charge is 0.175 e. The van der Waals surface area contributed by atoms with E-state index >= 15 is 0 Å². The van der Waals surface area contributed by atoms with Crippen LogP contribution in [0.25, 0.3) is 21.5 Å². The van der Waals surface area contributed by atoms with Crippen LogP contribution in [0.1, 0.15) is 11.1 Å². The SMILES string of the molecule is Cc1c2ccccc2c(C[n+]2ccccc2)c2ccccc12.[O-][Cl+3]([O-])([O-])[O-]. The Morgan fingerprint density at radius 3 is 1.52 bits per heavy atom. The third-order valence-corrected chi connectivity index (χ3v) is 4.43. The highest BCUT2D eigenvalue weighted by Gasteiger charge is 2.13. The lowest BCUT2D eigenvalue weighted by Gasteiger charge is -2.17. The number of nitrogens with zero attached hydrogens (tertiary/aromatic N) is 1. The van der Waals surface area contributed by atoms with Crippen molar-refractivity contribution in [2.75, 3.05) is 0 Å². The second-order valence-electron chi connectivity index (χ2n) is 6.12. The lowest BCUT2D eigenvalue weighted by Crippen LogP contribution is -2.68. The summed E-state index contributed by atoms with van der Waals surface area (Å²) in [6.07, 6.45) is 4.26. The van der Waals surface area contributed by atoms with Crippen LogP contribution in [-0.4, -0.2) is 0 Å². The highest BCUT2D eigenvalue weighted by molar-refractivity contribution is 6.05. The van der Waals surface area contributed by atoms with E-state index in [9.17, 15) is 0 Å². The Bertz CT molecular complexity index is 999. The van der Waals surface area contributed by atoms with Crippen molar-refractivity contribution in [1.82, 2.24) is 0 Å². The summed E-state index contributed by atoms with van der Waals surface area (Å²) in [6.45, 7) is 3.12. The summed E-state index contributed by atoms with van der Waals surface area (Å²) in [5.74, 6) is 0. The van der Waals surface area contributed by atoms with Gasteiger partial charge in [0.1, 0.15) is 0 Å². The molecule has 0 unspecified atom stereocenters.